The second kappa shape index (κ2) is 7.81. The maximum Gasteiger partial charge on any atom is 0.242 e. The first-order valence-corrected chi connectivity index (χ1v) is 5.13. The van der Waals surface area contributed by atoms with Gasteiger partial charge in [0, 0.05) is 0 Å². The fourth-order valence-electron chi connectivity index (χ4n) is 1.20. The Hall–Kier alpha value is -1.43. The summed E-state index contributed by atoms with van der Waals surface area (Å²) in [5.41, 5.74) is 5.15. The molecule has 0 rings (SSSR count). The van der Waals surface area contributed by atoms with Gasteiger partial charge >= 0.3 is 0 Å². The number of hydrogen-bond donors (Lipinski definition) is 3. The van der Waals surface area contributed by atoms with Gasteiger partial charge in [-0.15, -0.1) is 0 Å². The first-order valence-electron chi connectivity index (χ1n) is 5.13. The third-order valence-corrected chi connectivity index (χ3v) is 1.88. The molecule has 0 aromatic carbocycles. The van der Waals surface area contributed by atoms with Crippen molar-refractivity contribution >= 4 is 18.1 Å². The molecule has 0 bridgehead atoms. The molecule has 0 saturated heterocycles. The molecule has 0 aliphatic carbocycles. The summed E-state index contributed by atoms with van der Waals surface area (Å²) in [5.74, 6) is -0.538. The summed E-state index contributed by atoms with van der Waals surface area (Å²) in [4.78, 5) is 32.6. The lowest BCUT2D eigenvalue weighted by atomic mass is 10.0. The Morgan fingerprint density at radius 3 is 2.44 bits per heavy atom. The highest BCUT2D eigenvalue weighted by Gasteiger charge is 2.20. The van der Waals surface area contributed by atoms with Gasteiger partial charge in [0.1, 0.15) is 6.04 Å². The fourth-order valence-corrected chi connectivity index (χ4v) is 1.20. The highest BCUT2D eigenvalue weighted by atomic mass is 16.2. The summed E-state index contributed by atoms with van der Waals surface area (Å²) in [6, 6.07) is -0.649. The number of hydrogen-bond acceptors (Lipinski definition) is 4. The predicted octanol–water partition coefficient (Wildman–Crippen LogP) is -1.30. The van der Waals surface area contributed by atoms with E-state index in [0.717, 1.165) is 0 Å². The minimum Gasteiger partial charge on any atom is -0.347 e. The van der Waals surface area contributed by atoms with Gasteiger partial charge in [0.25, 0.3) is 0 Å². The molecule has 1 atom stereocenters. The van der Waals surface area contributed by atoms with Crippen molar-refractivity contribution < 1.29 is 14.4 Å². The molecule has 0 fully saturated rings. The number of amides is 2. The van der Waals surface area contributed by atoms with Gasteiger partial charge in [-0.1, -0.05) is 13.8 Å². The molecule has 16 heavy (non-hydrogen) atoms. The van der Waals surface area contributed by atoms with Crippen LogP contribution in [0.1, 0.15) is 20.3 Å². The van der Waals surface area contributed by atoms with E-state index in [1.165, 1.54) is 0 Å². The first-order chi connectivity index (χ1) is 7.51. The van der Waals surface area contributed by atoms with E-state index in [0.29, 0.717) is 6.42 Å². The summed E-state index contributed by atoms with van der Waals surface area (Å²) in [6.45, 7) is 3.52. The van der Waals surface area contributed by atoms with Crippen LogP contribution >= 0.6 is 0 Å². The van der Waals surface area contributed by atoms with E-state index in [-0.39, 0.29) is 24.9 Å². The van der Waals surface area contributed by atoms with E-state index in [9.17, 15) is 14.4 Å². The molecule has 4 N–H and O–H groups in total. The summed E-state index contributed by atoms with van der Waals surface area (Å²) >= 11 is 0. The smallest absolute Gasteiger partial charge is 0.242 e. The Morgan fingerprint density at radius 1 is 1.38 bits per heavy atom. The Morgan fingerprint density at radius 2 is 2.00 bits per heavy atom. The average molecular weight is 228 g/mol. The molecular weight excluding hydrogens is 210 g/mol. The topological polar surface area (TPSA) is 101 Å². The molecule has 0 aliphatic heterocycles. The van der Waals surface area contributed by atoms with Crippen LogP contribution in [-0.4, -0.2) is 37.2 Å². The fraction of sp³-hybridized carbons (Fsp3) is 0.700. The van der Waals surface area contributed by atoms with Crippen LogP contribution in [0.25, 0.3) is 0 Å². The molecule has 0 spiro atoms. The lowest BCUT2D eigenvalue weighted by Gasteiger charge is -2.19. The summed E-state index contributed by atoms with van der Waals surface area (Å²) in [7, 11) is 0. The lowest BCUT2D eigenvalue weighted by molar-refractivity contribution is -0.128. The summed E-state index contributed by atoms with van der Waals surface area (Å²) in [6.07, 6.45) is 2.05. The summed E-state index contributed by atoms with van der Waals surface area (Å²) < 4.78 is 0. The van der Waals surface area contributed by atoms with Crippen LogP contribution < -0.4 is 16.4 Å². The highest BCUT2D eigenvalue weighted by Crippen LogP contribution is 2.04. The van der Waals surface area contributed by atoms with Crippen molar-refractivity contribution in [2.24, 2.45) is 11.7 Å². The largest absolute Gasteiger partial charge is 0.347 e. The number of carbonyl (C=O) groups excluding carboxylic acids is 3. The average Bonchev–Trinajstić information content (AvgIpc) is 2.24. The number of rotatable bonds is 7. The Balaban J connectivity index is 4.33. The molecule has 0 aromatic rings. The normalized spacial score (nSPS) is 12.0. The van der Waals surface area contributed by atoms with E-state index in [1.54, 1.807) is 6.29 Å². The lowest BCUT2D eigenvalue weighted by Crippen LogP contribution is -2.49. The Labute approximate surface area is 94.9 Å². The molecule has 6 heteroatoms. The van der Waals surface area contributed by atoms with Gasteiger partial charge < -0.3 is 16.4 Å². The Kier molecular flexibility index (Phi) is 7.11. The highest BCUT2D eigenvalue weighted by molar-refractivity contribution is 5.89. The first kappa shape index (κ1) is 14.6. The van der Waals surface area contributed by atoms with Gasteiger partial charge in [0.2, 0.25) is 18.1 Å². The minimum atomic E-state index is -0.649. The van der Waals surface area contributed by atoms with Gasteiger partial charge in [-0.05, 0) is 12.3 Å². The maximum absolute atomic E-state index is 11.5. The predicted molar refractivity (Wildman–Crippen MR) is 59.1 cm³/mol. The van der Waals surface area contributed by atoms with Crippen LogP contribution in [0.5, 0.6) is 0 Å². The van der Waals surface area contributed by atoms with E-state index in [4.69, 9.17) is 5.73 Å². The van der Waals surface area contributed by atoms with Gasteiger partial charge in [0.15, 0.2) is 0 Å². The van der Waals surface area contributed by atoms with Crippen molar-refractivity contribution in [1.82, 2.24) is 10.6 Å². The van der Waals surface area contributed by atoms with Crippen molar-refractivity contribution in [1.29, 1.82) is 0 Å². The van der Waals surface area contributed by atoms with Gasteiger partial charge in [-0.2, -0.15) is 0 Å². The third kappa shape index (κ3) is 6.13. The molecular formula is C10H18N3O3. The third-order valence-electron chi connectivity index (χ3n) is 1.88. The van der Waals surface area contributed by atoms with E-state index >= 15 is 0 Å². The maximum atomic E-state index is 11.5. The second-order valence-corrected chi connectivity index (χ2v) is 3.82. The van der Waals surface area contributed by atoms with Crippen LogP contribution in [0, 0.1) is 5.92 Å². The van der Waals surface area contributed by atoms with Gasteiger partial charge in [0.05, 0.1) is 13.1 Å². The van der Waals surface area contributed by atoms with Crippen molar-refractivity contribution in [2.45, 2.75) is 26.3 Å². The zero-order valence-electron chi connectivity index (χ0n) is 9.58. The standard InChI is InChI=1S/C10H18N3O3/c1-7(2)5-8(13-9(15)6-11)10(16)12-3-4-14/h7-8H,3,5-6,11H2,1-2H3,(H,12,16)(H,13,15). The van der Waals surface area contributed by atoms with E-state index < -0.39 is 11.9 Å². The van der Waals surface area contributed by atoms with Crippen molar-refractivity contribution in [3.8, 4) is 0 Å². The van der Waals surface area contributed by atoms with Gasteiger partial charge in [-0.25, -0.2) is 0 Å². The zero-order chi connectivity index (χ0) is 12.6. The second-order valence-electron chi connectivity index (χ2n) is 3.82. The van der Waals surface area contributed by atoms with Crippen LogP contribution in [0.3, 0.4) is 0 Å². The summed E-state index contributed by atoms with van der Waals surface area (Å²) in [5, 5.41) is 4.85. The van der Waals surface area contributed by atoms with Crippen molar-refractivity contribution in [3.63, 3.8) is 0 Å². The van der Waals surface area contributed by atoms with Crippen molar-refractivity contribution in [2.75, 3.05) is 13.1 Å². The quantitative estimate of drug-likeness (QED) is 0.504. The van der Waals surface area contributed by atoms with Crippen LogP contribution in [0.15, 0.2) is 0 Å². The van der Waals surface area contributed by atoms with Crippen molar-refractivity contribution in [3.05, 3.63) is 0 Å². The molecule has 0 aromatic heterocycles. The SMILES string of the molecule is CC(C)CC(NC(=O)CN)C(=O)NC[C]=O. The molecule has 0 aliphatic rings. The number of nitrogens with two attached hydrogens (primary N) is 1. The zero-order valence-corrected chi connectivity index (χ0v) is 9.58. The Bertz CT molecular complexity index is 254. The molecule has 0 saturated carbocycles. The van der Waals surface area contributed by atoms with Crippen LogP contribution in [0.4, 0.5) is 0 Å². The molecule has 0 heterocycles. The number of nitrogens with one attached hydrogen (secondary N) is 2. The van der Waals surface area contributed by atoms with Gasteiger partial charge in [-0.3, -0.25) is 14.4 Å². The van der Waals surface area contributed by atoms with E-state index in [2.05, 4.69) is 10.6 Å². The molecule has 91 valence electrons. The van der Waals surface area contributed by atoms with Crippen LogP contribution in [-0.2, 0) is 14.4 Å². The molecule has 1 unspecified atom stereocenters. The van der Waals surface area contributed by atoms with E-state index in [1.807, 2.05) is 13.8 Å². The molecule has 2 amide bonds. The molecule has 1 radical (unpaired) electrons. The minimum absolute atomic E-state index is 0.165. The monoisotopic (exact) mass is 228 g/mol. The molecule has 6 nitrogen and oxygen atoms in total. The number of carbonyl (C=O) groups is 2. The van der Waals surface area contributed by atoms with Crippen LogP contribution in [0.2, 0.25) is 0 Å².